The zero-order valence-corrected chi connectivity index (χ0v) is 22.7. The van der Waals surface area contributed by atoms with E-state index in [1.807, 2.05) is 6.07 Å². The Balaban J connectivity index is 1.42. The van der Waals surface area contributed by atoms with E-state index in [1.165, 1.54) is 30.3 Å². The summed E-state index contributed by atoms with van der Waals surface area (Å²) in [5.41, 5.74) is -3.37. The maximum absolute atomic E-state index is 13.8. The third-order valence-corrected chi connectivity index (χ3v) is 10.4. The highest BCUT2D eigenvalue weighted by Gasteiger charge is 2.70. The molecule has 2 atom stereocenters. The molecule has 2 saturated carbocycles. The minimum Gasteiger partial charge on any atom is -0.405 e. The van der Waals surface area contributed by atoms with Crippen molar-refractivity contribution in [1.29, 1.82) is 5.26 Å². The molecule has 0 unspecified atom stereocenters. The summed E-state index contributed by atoms with van der Waals surface area (Å²) in [5.74, 6) is -2.50. The lowest BCUT2D eigenvalue weighted by molar-refractivity contribution is -0.274. The Bertz CT molecular complexity index is 1550. The molecule has 0 spiro atoms. The van der Waals surface area contributed by atoms with Crippen LogP contribution in [0.5, 0.6) is 5.75 Å². The van der Waals surface area contributed by atoms with E-state index in [-0.39, 0.29) is 22.4 Å². The minimum atomic E-state index is -4.96. The zero-order chi connectivity index (χ0) is 30.7. The van der Waals surface area contributed by atoms with E-state index in [0.717, 1.165) is 23.1 Å². The van der Waals surface area contributed by atoms with Crippen molar-refractivity contribution >= 4 is 21.5 Å². The number of carbonyl (C=O) groups is 2. The van der Waals surface area contributed by atoms with E-state index in [4.69, 9.17) is 0 Å². The molecule has 224 valence electrons. The Labute approximate surface area is 237 Å². The van der Waals surface area contributed by atoms with Crippen LogP contribution >= 0.6 is 0 Å². The predicted molar refractivity (Wildman–Crippen MR) is 134 cm³/mol. The summed E-state index contributed by atoms with van der Waals surface area (Å²) in [7, 11) is -4.31. The van der Waals surface area contributed by atoms with Crippen molar-refractivity contribution in [2.45, 2.75) is 67.3 Å². The van der Waals surface area contributed by atoms with Crippen LogP contribution in [0.4, 0.5) is 26.3 Å². The van der Waals surface area contributed by atoms with Gasteiger partial charge in [-0.15, -0.1) is 13.2 Å². The maximum atomic E-state index is 13.8. The lowest BCUT2D eigenvalue weighted by Gasteiger charge is -2.29. The molecular formula is C28H24F6N2O5S. The number of nitrogens with zero attached hydrogens (tertiary/aromatic N) is 2. The van der Waals surface area contributed by atoms with E-state index in [0.29, 0.717) is 12.8 Å². The minimum absolute atomic E-state index is 0.0375. The number of alkyl halides is 6. The zero-order valence-electron chi connectivity index (χ0n) is 21.8. The first kappa shape index (κ1) is 29.9. The fourth-order valence-electron chi connectivity index (χ4n) is 5.44. The van der Waals surface area contributed by atoms with Crippen molar-refractivity contribution in [2.24, 2.45) is 10.8 Å². The van der Waals surface area contributed by atoms with Gasteiger partial charge in [-0.3, -0.25) is 9.59 Å². The van der Waals surface area contributed by atoms with Crippen LogP contribution in [-0.4, -0.2) is 55.4 Å². The van der Waals surface area contributed by atoms with Crippen LogP contribution in [0.1, 0.15) is 38.5 Å². The molecule has 14 heteroatoms. The number of rotatable bonds is 8. The molecule has 1 amide bonds. The topological polar surface area (TPSA) is 105 Å². The van der Waals surface area contributed by atoms with E-state index in [9.17, 15) is 49.6 Å². The number of amides is 1. The van der Waals surface area contributed by atoms with E-state index in [2.05, 4.69) is 4.74 Å². The number of hydrogen-bond donors (Lipinski definition) is 0. The van der Waals surface area contributed by atoms with Crippen LogP contribution in [-0.2, 0) is 19.4 Å². The number of benzene rings is 2. The summed E-state index contributed by atoms with van der Waals surface area (Å²) in [6.45, 7) is -0.640. The number of ketones is 1. The van der Waals surface area contributed by atoms with Crippen LogP contribution < -0.4 is 4.74 Å². The molecule has 0 radical (unpaired) electrons. The summed E-state index contributed by atoms with van der Waals surface area (Å²) in [5, 5.41) is 7.97. The van der Waals surface area contributed by atoms with Gasteiger partial charge in [0.1, 0.15) is 11.2 Å². The first-order valence-corrected chi connectivity index (χ1v) is 14.6. The first-order chi connectivity index (χ1) is 19.5. The number of para-hydroxylation sites is 1. The van der Waals surface area contributed by atoms with Gasteiger partial charge in [0.05, 0.1) is 27.7 Å². The van der Waals surface area contributed by atoms with Gasteiger partial charge in [0.2, 0.25) is 5.91 Å². The standard InChI is InChI=1S/C28H24F6N2O5S/c29-27(30,31)26(11-12-26)24(38)36-15-19(13-21(36)22(37)14-25(16-35)9-10-25)42(39,40)18-7-5-17(6-8-18)20-3-1-2-4-23(20)41-28(32,33)34/h1-8,19,21H,9-15H2/t19-,21+/m1/s1. The molecule has 2 aromatic carbocycles. The fraction of sp³-hybridized carbons (Fsp3) is 0.464. The van der Waals surface area contributed by atoms with Gasteiger partial charge in [-0.05, 0) is 55.9 Å². The monoisotopic (exact) mass is 614 g/mol. The summed E-state index contributed by atoms with van der Waals surface area (Å²) < 4.78 is 111. The summed E-state index contributed by atoms with van der Waals surface area (Å²) in [6.07, 6.45) is -10.6. The van der Waals surface area contributed by atoms with Crippen molar-refractivity contribution < 1.29 is 49.1 Å². The number of ether oxygens (including phenoxy) is 1. The molecule has 0 aromatic heterocycles. The molecule has 7 nitrogen and oxygen atoms in total. The van der Waals surface area contributed by atoms with Crippen molar-refractivity contribution in [2.75, 3.05) is 6.54 Å². The molecule has 1 saturated heterocycles. The molecule has 3 fully saturated rings. The Hall–Kier alpha value is -3.60. The van der Waals surface area contributed by atoms with Crippen molar-refractivity contribution in [3.05, 3.63) is 48.5 Å². The molecule has 3 aliphatic rings. The SMILES string of the molecule is N#CC1(CC(=O)[C@@H]2C[C@@H](S(=O)(=O)c3ccc(-c4ccccc4OC(F)(F)F)cc3)CN2C(=O)C2(C(F)(F)F)CC2)CC1. The van der Waals surface area contributed by atoms with Gasteiger partial charge >= 0.3 is 12.5 Å². The number of nitriles is 1. The molecule has 2 aromatic rings. The van der Waals surface area contributed by atoms with Crippen LogP contribution in [0.3, 0.4) is 0 Å². The summed E-state index contributed by atoms with van der Waals surface area (Å²) >= 11 is 0. The lowest BCUT2D eigenvalue weighted by atomic mass is 9.95. The predicted octanol–water partition coefficient (Wildman–Crippen LogP) is 5.60. The Morgan fingerprint density at radius 3 is 2.12 bits per heavy atom. The highest BCUT2D eigenvalue weighted by molar-refractivity contribution is 7.92. The Kier molecular flexibility index (Phi) is 7.11. The quantitative estimate of drug-likeness (QED) is 0.359. The van der Waals surface area contributed by atoms with Gasteiger partial charge in [0.15, 0.2) is 15.6 Å². The van der Waals surface area contributed by atoms with Gasteiger partial charge in [-0.2, -0.15) is 18.4 Å². The number of hydrogen-bond acceptors (Lipinski definition) is 6. The number of halogens is 6. The third-order valence-electron chi connectivity index (χ3n) is 8.25. The molecule has 0 bridgehead atoms. The van der Waals surface area contributed by atoms with Crippen LogP contribution in [0.25, 0.3) is 11.1 Å². The second-order valence-corrected chi connectivity index (χ2v) is 13.3. The molecule has 1 heterocycles. The van der Waals surface area contributed by atoms with Gasteiger partial charge < -0.3 is 9.64 Å². The molecule has 5 rings (SSSR count). The highest BCUT2D eigenvalue weighted by Crippen LogP contribution is 2.59. The summed E-state index contributed by atoms with van der Waals surface area (Å²) in [6, 6.07) is 10.6. The van der Waals surface area contributed by atoms with Crippen molar-refractivity contribution in [3.8, 4) is 22.9 Å². The number of sulfone groups is 1. The van der Waals surface area contributed by atoms with Crippen LogP contribution in [0.2, 0.25) is 0 Å². The Morgan fingerprint density at radius 2 is 1.60 bits per heavy atom. The maximum Gasteiger partial charge on any atom is 0.573 e. The highest BCUT2D eigenvalue weighted by atomic mass is 32.2. The van der Waals surface area contributed by atoms with Gasteiger partial charge in [-0.1, -0.05) is 30.3 Å². The molecule has 42 heavy (non-hydrogen) atoms. The molecular weight excluding hydrogens is 590 g/mol. The smallest absolute Gasteiger partial charge is 0.405 e. The molecule has 2 aliphatic carbocycles. The normalized spacial score (nSPS) is 22.7. The largest absolute Gasteiger partial charge is 0.573 e. The van der Waals surface area contributed by atoms with E-state index < -0.39 is 87.7 Å². The van der Waals surface area contributed by atoms with Crippen molar-refractivity contribution in [1.82, 2.24) is 4.90 Å². The second-order valence-electron chi connectivity index (χ2n) is 11.1. The van der Waals surface area contributed by atoms with Crippen LogP contribution in [0, 0.1) is 22.2 Å². The van der Waals surface area contributed by atoms with Gasteiger partial charge in [-0.25, -0.2) is 8.42 Å². The van der Waals surface area contributed by atoms with Crippen LogP contribution in [0.15, 0.2) is 53.4 Å². The van der Waals surface area contributed by atoms with Gasteiger partial charge in [0.25, 0.3) is 0 Å². The number of Topliss-reactive ketones (excluding diaryl/α,β-unsaturated/α-hetero) is 1. The average molecular weight is 615 g/mol. The van der Waals surface area contributed by atoms with E-state index in [1.54, 1.807) is 0 Å². The van der Waals surface area contributed by atoms with E-state index >= 15 is 0 Å². The molecule has 1 aliphatic heterocycles. The van der Waals surface area contributed by atoms with Crippen molar-refractivity contribution in [3.63, 3.8) is 0 Å². The fourth-order valence-corrected chi connectivity index (χ4v) is 7.13. The third kappa shape index (κ3) is 5.46. The lowest BCUT2D eigenvalue weighted by Crippen LogP contribution is -2.49. The second kappa shape index (κ2) is 10.00. The average Bonchev–Trinajstić information content (AvgIpc) is 3.84. The first-order valence-electron chi connectivity index (χ1n) is 13.0. The number of carbonyl (C=O) groups excluding carboxylic acids is 2. The summed E-state index contributed by atoms with van der Waals surface area (Å²) in [4.78, 5) is 26.8. The Morgan fingerprint density at radius 1 is 0.976 bits per heavy atom. The number of likely N-dealkylation sites (tertiary alicyclic amines) is 1. The van der Waals surface area contributed by atoms with Gasteiger partial charge in [0, 0.05) is 18.5 Å². The molecule has 0 N–H and O–H groups in total.